The SMILES string of the molecule is NC(=O)c1oc2c(sc3ncccc32)c1N. The summed E-state index contributed by atoms with van der Waals surface area (Å²) in [5, 5.41) is 0.849. The van der Waals surface area contributed by atoms with Gasteiger partial charge < -0.3 is 15.9 Å². The number of hydrogen-bond donors (Lipinski definition) is 2. The Morgan fingerprint density at radius 2 is 2.31 bits per heavy atom. The lowest BCUT2D eigenvalue weighted by Crippen LogP contribution is -2.11. The molecule has 3 aromatic rings. The van der Waals surface area contributed by atoms with Crippen molar-refractivity contribution in [2.45, 2.75) is 0 Å². The fourth-order valence-corrected chi connectivity index (χ4v) is 2.66. The molecule has 0 aliphatic rings. The number of primary amides is 1. The molecule has 4 N–H and O–H groups in total. The van der Waals surface area contributed by atoms with Crippen LogP contribution in [0.2, 0.25) is 0 Å². The molecule has 6 heteroatoms. The molecule has 0 aliphatic carbocycles. The summed E-state index contributed by atoms with van der Waals surface area (Å²) < 4.78 is 6.11. The van der Waals surface area contributed by atoms with E-state index in [0.717, 1.165) is 14.9 Å². The molecule has 1 amide bonds. The summed E-state index contributed by atoms with van der Waals surface area (Å²) >= 11 is 1.39. The second-order valence-corrected chi connectivity index (χ2v) is 4.32. The molecular formula is C10H7N3O2S. The van der Waals surface area contributed by atoms with Crippen molar-refractivity contribution in [3.63, 3.8) is 0 Å². The number of thiophene rings is 1. The third kappa shape index (κ3) is 1.04. The van der Waals surface area contributed by atoms with Crippen molar-refractivity contribution in [3.8, 4) is 0 Å². The largest absolute Gasteiger partial charge is 0.447 e. The van der Waals surface area contributed by atoms with Crippen LogP contribution in [-0.2, 0) is 0 Å². The standard InChI is InChI=1S/C10H7N3O2S/c11-5-7(9(12)14)15-6-4-2-1-3-13-10(4)16-8(5)6/h1-3H,11H2,(H2,12,14). The normalized spacial score (nSPS) is 11.2. The molecule has 0 unspecified atom stereocenters. The number of carbonyl (C=O) groups excluding carboxylic acids is 1. The van der Waals surface area contributed by atoms with Gasteiger partial charge in [-0.1, -0.05) is 0 Å². The minimum atomic E-state index is -0.655. The Balaban J connectivity index is 2.48. The van der Waals surface area contributed by atoms with E-state index in [4.69, 9.17) is 15.9 Å². The highest BCUT2D eigenvalue weighted by molar-refractivity contribution is 7.26. The van der Waals surface area contributed by atoms with Crippen LogP contribution < -0.4 is 11.5 Å². The maximum Gasteiger partial charge on any atom is 0.286 e. The molecule has 16 heavy (non-hydrogen) atoms. The van der Waals surface area contributed by atoms with Gasteiger partial charge in [0.2, 0.25) is 5.76 Å². The van der Waals surface area contributed by atoms with E-state index in [9.17, 15) is 4.79 Å². The van der Waals surface area contributed by atoms with Crippen molar-refractivity contribution in [2.75, 3.05) is 5.73 Å². The van der Waals surface area contributed by atoms with Crippen LogP contribution in [0.25, 0.3) is 20.5 Å². The van der Waals surface area contributed by atoms with Crippen molar-refractivity contribution in [3.05, 3.63) is 24.1 Å². The lowest BCUT2D eigenvalue weighted by Gasteiger charge is -1.90. The van der Waals surface area contributed by atoms with Gasteiger partial charge in [-0.3, -0.25) is 4.79 Å². The van der Waals surface area contributed by atoms with Crippen LogP contribution >= 0.6 is 11.3 Å². The first kappa shape index (κ1) is 9.17. The first-order chi connectivity index (χ1) is 7.68. The van der Waals surface area contributed by atoms with Crippen molar-refractivity contribution in [1.29, 1.82) is 0 Å². The zero-order valence-electron chi connectivity index (χ0n) is 8.06. The van der Waals surface area contributed by atoms with E-state index in [1.807, 2.05) is 6.07 Å². The quantitative estimate of drug-likeness (QED) is 0.669. The highest BCUT2D eigenvalue weighted by Gasteiger charge is 2.20. The van der Waals surface area contributed by atoms with Crippen molar-refractivity contribution < 1.29 is 9.21 Å². The predicted molar refractivity (Wildman–Crippen MR) is 62.3 cm³/mol. The molecule has 0 saturated heterocycles. The minimum absolute atomic E-state index is 0.0204. The number of rotatable bonds is 1. The molecule has 0 atom stereocenters. The van der Waals surface area contributed by atoms with Crippen molar-refractivity contribution >= 4 is 43.4 Å². The van der Waals surface area contributed by atoms with E-state index in [1.54, 1.807) is 12.3 Å². The van der Waals surface area contributed by atoms with Crippen LogP contribution in [0.3, 0.4) is 0 Å². The number of pyridine rings is 1. The molecule has 0 saturated carbocycles. The van der Waals surface area contributed by atoms with Gasteiger partial charge in [-0.25, -0.2) is 4.98 Å². The summed E-state index contributed by atoms with van der Waals surface area (Å²) in [6.07, 6.45) is 1.70. The molecule has 80 valence electrons. The van der Waals surface area contributed by atoms with Gasteiger partial charge in [0.25, 0.3) is 5.91 Å². The molecule has 0 fully saturated rings. The summed E-state index contributed by atoms with van der Waals surface area (Å²) in [6.45, 7) is 0. The van der Waals surface area contributed by atoms with Gasteiger partial charge in [-0.05, 0) is 12.1 Å². The third-order valence-electron chi connectivity index (χ3n) is 2.34. The Hall–Kier alpha value is -2.08. The van der Waals surface area contributed by atoms with E-state index in [-0.39, 0.29) is 5.76 Å². The number of fused-ring (bicyclic) bond motifs is 3. The molecular weight excluding hydrogens is 226 g/mol. The van der Waals surface area contributed by atoms with Gasteiger partial charge in [-0.15, -0.1) is 11.3 Å². The monoisotopic (exact) mass is 233 g/mol. The first-order valence-corrected chi connectivity index (χ1v) is 5.35. The van der Waals surface area contributed by atoms with Crippen molar-refractivity contribution in [2.24, 2.45) is 5.73 Å². The lowest BCUT2D eigenvalue weighted by atomic mass is 10.3. The van der Waals surface area contributed by atoms with Gasteiger partial charge in [0.15, 0.2) is 5.58 Å². The summed E-state index contributed by atoms with van der Waals surface area (Å²) in [4.78, 5) is 16.1. The number of aromatic nitrogens is 1. The molecule has 5 nitrogen and oxygen atoms in total. The van der Waals surface area contributed by atoms with Crippen LogP contribution in [0.5, 0.6) is 0 Å². The predicted octanol–water partition coefficient (Wildman–Crippen LogP) is 1.72. The van der Waals surface area contributed by atoms with Crippen LogP contribution in [0.1, 0.15) is 10.6 Å². The topological polar surface area (TPSA) is 95.1 Å². The molecule has 3 rings (SSSR count). The smallest absolute Gasteiger partial charge is 0.286 e. The van der Waals surface area contributed by atoms with Gasteiger partial charge in [0.05, 0.1) is 10.1 Å². The Bertz CT molecular complexity index is 713. The third-order valence-corrected chi connectivity index (χ3v) is 3.47. The maximum absolute atomic E-state index is 11.1. The molecule has 0 spiro atoms. The van der Waals surface area contributed by atoms with Gasteiger partial charge in [0.1, 0.15) is 10.5 Å². The Labute approximate surface area is 93.7 Å². The van der Waals surface area contributed by atoms with Gasteiger partial charge in [-0.2, -0.15) is 0 Å². The fraction of sp³-hybridized carbons (Fsp3) is 0. The Morgan fingerprint density at radius 3 is 3.06 bits per heavy atom. The highest BCUT2D eigenvalue weighted by Crippen LogP contribution is 2.39. The molecule has 0 aliphatic heterocycles. The van der Waals surface area contributed by atoms with E-state index in [0.29, 0.717) is 11.3 Å². The summed E-state index contributed by atoms with van der Waals surface area (Å²) in [6, 6.07) is 3.67. The van der Waals surface area contributed by atoms with Gasteiger partial charge >= 0.3 is 0 Å². The Morgan fingerprint density at radius 1 is 1.50 bits per heavy atom. The molecule has 3 aromatic heterocycles. The maximum atomic E-state index is 11.1. The molecule has 0 radical (unpaired) electrons. The average molecular weight is 233 g/mol. The first-order valence-electron chi connectivity index (χ1n) is 4.54. The number of nitrogen functional groups attached to an aromatic ring is 1. The van der Waals surface area contributed by atoms with Gasteiger partial charge in [0, 0.05) is 6.20 Å². The van der Waals surface area contributed by atoms with Crippen LogP contribution in [0.15, 0.2) is 22.7 Å². The van der Waals surface area contributed by atoms with Crippen LogP contribution in [0.4, 0.5) is 5.69 Å². The molecule has 3 heterocycles. The summed E-state index contributed by atoms with van der Waals surface area (Å²) in [5.41, 5.74) is 11.8. The van der Waals surface area contributed by atoms with E-state index < -0.39 is 5.91 Å². The highest BCUT2D eigenvalue weighted by atomic mass is 32.1. The number of nitrogens with two attached hydrogens (primary N) is 2. The second kappa shape index (κ2) is 2.96. The van der Waals surface area contributed by atoms with E-state index in [2.05, 4.69) is 4.98 Å². The summed E-state index contributed by atoms with van der Waals surface area (Å²) in [5.74, 6) is -0.634. The number of hydrogen-bond acceptors (Lipinski definition) is 5. The lowest BCUT2D eigenvalue weighted by molar-refractivity contribution is 0.0977. The number of furan rings is 1. The van der Waals surface area contributed by atoms with Crippen LogP contribution in [-0.4, -0.2) is 10.9 Å². The van der Waals surface area contributed by atoms with Crippen molar-refractivity contribution in [1.82, 2.24) is 4.98 Å². The van der Waals surface area contributed by atoms with E-state index in [1.165, 1.54) is 11.3 Å². The average Bonchev–Trinajstić information content (AvgIpc) is 2.76. The fourth-order valence-electron chi connectivity index (χ4n) is 1.63. The molecule has 0 aromatic carbocycles. The zero-order valence-corrected chi connectivity index (χ0v) is 8.88. The number of anilines is 1. The number of amides is 1. The van der Waals surface area contributed by atoms with E-state index >= 15 is 0 Å². The minimum Gasteiger partial charge on any atom is -0.447 e. The Kier molecular flexibility index (Phi) is 1.69. The zero-order chi connectivity index (χ0) is 11.3. The summed E-state index contributed by atoms with van der Waals surface area (Å²) in [7, 11) is 0. The molecule has 0 bridgehead atoms. The number of nitrogens with zero attached hydrogens (tertiary/aromatic N) is 1. The second-order valence-electron chi connectivity index (χ2n) is 3.33. The van der Waals surface area contributed by atoms with Crippen LogP contribution in [0, 0.1) is 0 Å². The number of carbonyl (C=O) groups is 1.